The summed E-state index contributed by atoms with van der Waals surface area (Å²) in [4.78, 5) is 37.9. The molecule has 0 fully saturated rings. The SMILES string of the molecule is CCOC(=O)CCC(N)(NC(=O)c1cc(C)c(CCCO)s1)C(=O)OCC. The Labute approximate surface area is 163 Å². The van der Waals surface area contributed by atoms with Gasteiger partial charge in [-0.2, -0.15) is 0 Å². The normalized spacial score (nSPS) is 12.9. The van der Waals surface area contributed by atoms with Crippen LogP contribution in [0.2, 0.25) is 0 Å². The third-order valence-corrected chi connectivity index (χ3v) is 5.11. The lowest BCUT2D eigenvalue weighted by atomic mass is 10.0. The van der Waals surface area contributed by atoms with Gasteiger partial charge in [0.15, 0.2) is 5.66 Å². The van der Waals surface area contributed by atoms with Gasteiger partial charge in [0.25, 0.3) is 5.91 Å². The van der Waals surface area contributed by atoms with E-state index in [9.17, 15) is 14.4 Å². The second kappa shape index (κ2) is 11.0. The van der Waals surface area contributed by atoms with E-state index in [1.165, 1.54) is 11.3 Å². The summed E-state index contributed by atoms with van der Waals surface area (Å²) in [5, 5.41) is 11.5. The van der Waals surface area contributed by atoms with Crippen molar-refractivity contribution in [3.63, 3.8) is 0 Å². The van der Waals surface area contributed by atoms with Gasteiger partial charge in [-0.3, -0.25) is 15.3 Å². The molecule has 1 aromatic heterocycles. The van der Waals surface area contributed by atoms with Crippen LogP contribution in [-0.4, -0.2) is 48.4 Å². The lowest BCUT2D eigenvalue weighted by Gasteiger charge is -2.27. The second-order valence-corrected chi connectivity index (χ2v) is 7.13. The number of nitrogens with two attached hydrogens (primary N) is 1. The molecule has 0 aliphatic heterocycles. The lowest BCUT2D eigenvalue weighted by molar-refractivity contribution is -0.152. The zero-order valence-corrected chi connectivity index (χ0v) is 16.8. The summed E-state index contributed by atoms with van der Waals surface area (Å²) in [6.45, 7) is 5.56. The number of hydrogen-bond donors (Lipinski definition) is 3. The molecule has 1 rings (SSSR count). The number of carbonyl (C=O) groups excluding carboxylic acids is 3. The molecule has 1 unspecified atom stereocenters. The molecule has 1 heterocycles. The van der Waals surface area contributed by atoms with Crippen molar-refractivity contribution in [1.29, 1.82) is 0 Å². The van der Waals surface area contributed by atoms with Crippen molar-refractivity contribution < 1.29 is 29.0 Å². The predicted octanol–water partition coefficient (Wildman–Crippen LogP) is 1.27. The molecule has 0 saturated carbocycles. The largest absolute Gasteiger partial charge is 0.466 e. The van der Waals surface area contributed by atoms with E-state index in [-0.39, 0.29) is 32.7 Å². The summed E-state index contributed by atoms with van der Waals surface area (Å²) in [5.74, 6) is -1.83. The molecule has 1 aromatic rings. The van der Waals surface area contributed by atoms with Gasteiger partial charge in [-0.1, -0.05) is 0 Å². The van der Waals surface area contributed by atoms with Gasteiger partial charge >= 0.3 is 11.9 Å². The minimum Gasteiger partial charge on any atom is -0.466 e. The smallest absolute Gasteiger partial charge is 0.346 e. The highest BCUT2D eigenvalue weighted by atomic mass is 32.1. The van der Waals surface area contributed by atoms with Crippen molar-refractivity contribution in [3.8, 4) is 0 Å². The number of esters is 2. The van der Waals surface area contributed by atoms with Crippen molar-refractivity contribution in [2.24, 2.45) is 5.73 Å². The van der Waals surface area contributed by atoms with Crippen molar-refractivity contribution >= 4 is 29.2 Å². The number of rotatable bonds is 11. The predicted molar refractivity (Wildman–Crippen MR) is 101 cm³/mol. The molecular formula is C18H28N2O6S. The molecule has 1 atom stereocenters. The van der Waals surface area contributed by atoms with E-state index in [4.69, 9.17) is 20.3 Å². The molecule has 152 valence electrons. The van der Waals surface area contributed by atoms with Crippen LogP contribution in [0.25, 0.3) is 0 Å². The van der Waals surface area contributed by atoms with Gasteiger partial charge in [0.1, 0.15) is 0 Å². The first-order valence-corrected chi connectivity index (χ1v) is 9.73. The van der Waals surface area contributed by atoms with Crippen LogP contribution >= 0.6 is 11.3 Å². The van der Waals surface area contributed by atoms with Crippen molar-refractivity contribution in [3.05, 3.63) is 21.4 Å². The zero-order valence-electron chi connectivity index (χ0n) is 16.0. The third kappa shape index (κ3) is 6.93. The Kier molecular flexibility index (Phi) is 9.40. The lowest BCUT2D eigenvalue weighted by Crippen LogP contribution is -2.62. The van der Waals surface area contributed by atoms with Gasteiger partial charge in [0.2, 0.25) is 0 Å². The maximum atomic E-state index is 12.6. The fourth-order valence-electron chi connectivity index (χ4n) is 2.39. The number of nitrogens with one attached hydrogen (secondary N) is 1. The highest BCUT2D eigenvalue weighted by Gasteiger charge is 2.38. The number of ether oxygens (including phenoxy) is 2. The molecule has 8 nitrogen and oxygen atoms in total. The Morgan fingerprint density at radius 3 is 2.52 bits per heavy atom. The van der Waals surface area contributed by atoms with Gasteiger partial charge in [-0.25, -0.2) is 4.79 Å². The molecule has 4 N–H and O–H groups in total. The van der Waals surface area contributed by atoms with Gasteiger partial charge in [0, 0.05) is 24.3 Å². The molecule has 0 radical (unpaired) electrons. The van der Waals surface area contributed by atoms with E-state index in [0.29, 0.717) is 17.7 Å². The maximum Gasteiger partial charge on any atom is 0.346 e. The monoisotopic (exact) mass is 400 g/mol. The van der Waals surface area contributed by atoms with Crippen LogP contribution in [0.3, 0.4) is 0 Å². The zero-order chi connectivity index (χ0) is 20.4. The van der Waals surface area contributed by atoms with Gasteiger partial charge in [0.05, 0.1) is 18.1 Å². The Morgan fingerprint density at radius 1 is 1.26 bits per heavy atom. The number of aliphatic hydroxyl groups is 1. The topological polar surface area (TPSA) is 128 Å². The summed E-state index contributed by atoms with van der Waals surface area (Å²) in [5.41, 5.74) is 5.20. The number of aliphatic hydroxyl groups excluding tert-OH is 1. The maximum absolute atomic E-state index is 12.6. The molecule has 0 aliphatic rings. The molecule has 0 saturated heterocycles. The van der Waals surface area contributed by atoms with E-state index >= 15 is 0 Å². The molecule has 0 aromatic carbocycles. The van der Waals surface area contributed by atoms with E-state index < -0.39 is 23.5 Å². The van der Waals surface area contributed by atoms with Crippen molar-refractivity contribution in [1.82, 2.24) is 5.32 Å². The van der Waals surface area contributed by atoms with Crippen LogP contribution in [0.5, 0.6) is 0 Å². The first-order valence-electron chi connectivity index (χ1n) is 8.91. The highest BCUT2D eigenvalue weighted by Crippen LogP contribution is 2.24. The first-order chi connectivity index (χ1) is 12.8. The molecule has 27 heavy (non-hydrogen) atoms. The number of carbonyl (C=O) groups is 3. The summed E-state index contributed by atoms with van der Waals surface area (Å²) < 4.78 is 9.81. The highest BCUT2D eigenvalue weighted by molar-refractivity contribution is 7.14. The summed E-state index contributed by atoms with van der Waals surface area (Å²) in [6.07, 6.45) is 0.993. The average Bonchev–Trinajstić information content (AvgIpc) is 2.99. The minimum absolute atomic E-state index is 0.0709. The van der Waals surface area contributed by atoms with Gasteiger partial charge in [-0.15, -0.1) is 11.3 Å². The third-order valence-electron chi connectivity index (χ3n) is 3.81. The summed E-state index contributed by atoms with van der Waals surface area (Å²) in [7, 11) is 0. The van der Waals surface area contributed by atoms with E-state index in [2.05, 4.69) is 5.32 Å². The Bertz CT molecular complexity index is 660. The molecule has 0 bridgehead atoms. The first kappa shape index (κ1) is 23.1. The Balaban J connectivity index is 2.91. The molecule has 1 amide bonds. The van der Waals surface area contributed by atoms with Crippen LogP contribution in [0.15, 0.2) is 6.07 Å². The van der Waals surface area contributed by atoms with Crippen molar-refractivity contribution in [2.75, 3.05) is 19.8 Å². The van der Waals surface area contributed by atoms with Crippen LogP contribution < -0.4 is 11.1 Å². The van der Waals surface area contributed by atoms with Crippen LogP contribution in [-0.2, 0) is 25.5 Å². The van der Waals surface area contributed by atoms with Gasteiger partial charge < -0.3 is 19.9 Å². The molecular weight excluding hydrogens is 372 g/mol. The van der Waals surface area contributed by atoms with Crippen LogP contribution in [0, 0.1) is 6.92 Å². The molecule has 0 aliphatic carbocycles. The molecule has 0 spiro atoms. The Morgan fingerprint density at radius 2 is 1.93 bits per heavy atom. The fourth-order valence-corrected chi connectivity index (χ4v) is 3.50. The standard InChI is InChI=1S/C18H28N2O6S/c1-4-25-15(22)8-9-18(19,17(24)26-5-2)20-16(23)14-11-12(3)13(27-14)7-6-10-21/h11,21H,4-10,19H2,1-3H3,(H,20,23). The number of hydrogen-bond acceptors (Lipinski definition) is 8. The summed E-state index contributed by atoms with van der Waals surface area (Å²) in [6, 6.07) is 1.71. The van der Waals surface area contributed by atoms with Gasteiger partial charge in [-0.05, 0) is 45.2 Å². The van der Waals surface area contributed by atoms with E-state index in [1.807, 2.05) is 6.92 Å². The van der Waals surface area contributed by atoms with Crippen LogP contribution in [0.4, 0.5) is 0 Å². The van der Waals surface area contributed by atoms with E-state index in [0.717, 1.165) is 10.4 Å². The summed E-state index contributed by atoms with van der Waals surface area (Å²) >= 11 is 1.28. The molecule has 9 heteroatoms. The van der Waals surface area contributed by atoms with Crippen LogP contribution in [0.1, 0.15) is 53.2 Å². The fraction of sp³-hybridized carbons (Fsp3) is 0.611. The quantitative estimate of drug-likeness (QED) is 0.377. The number of thiophene rings is 1. The number of aryl methyl sites for hydroxylation is 2. The van der Waals surface area contributed by atoms with E-state index in [1.54, 1.807) is 19.9 Å². The average molecular weight is 400 g/mol. The van der Waals surface area contributed by atoms with Crippen molar-refractivity contribution in [2.45, 2.75) is 52.1 Å². The minimum atomic E-state index is -1.83. The number of amides is 1. The Hall–Kier alpha value is -1.97. The second-order valence-electron chi connectivity index (χ2n) is 5.99.